The van der Waals surface area contributed by atoms with Crippen LogP contribution < -0.4 is 19.6 Å². The monoisotopic (exact) mass is 442 g/mol. The first-order valence-corrected chi connectivity index (χ1v) is 10.0. The number of carbonyl (C=O) groups is 1. The van der Waals surface area contributed by atoms with Crippen LogP contribution >= 0.6 is 0 Å². The summed E-state index contributed by atoms with van der Waals surface area (Å²) in [6.45, 7) is -1.00. The van der Waals surface area contributed by atoms with Gasteiger partial charge in [-0.25, -0.2) is 0 Å². The van der Waals surface area contributed by atoms with Gasteiger partial charge in [0.1, 0.15) is 71.6 Å². The summed E-state index contributed by atoms with van der Waals surface area (Å²) in [5.74, 6) is 0.758. The van der Waals surface area contributed by atoms with E-state index in [-0.39, 0.29) is 71.2 Å². The number of rotatable bonds is 8. The van der Waals surface area contributed by atoms with Crippen LogP contribution in [0.15, 0.2) is 51.7 Å². The molecular weight excluding hydrogens is 420 g/mol. The van der Waals surface area contributed by atoms with Crippen molar-refractivity contribution in [3.05, 3.63) is 64.0 Å². The predicted molar refractivity (Wildman–Crippen MR) is 112 cm³/mol. The SMILES string of the molecule is O=C1CC(CO)Oc2cccc(OCC(O)COc3cccc4oc(CO)cc(=O)c34)c21. The van der Waals surface area contributed by atoms with E-state index in [0.717, 1.165) is 0 Å². The number of aliphatic hydroxyl groups excluding tert-OH is 3. The first-order chi connectivity index (χ1) is 15.5. The highest BCUT2D eigenvalue weighted by Gasteiger charge is 2.29. The molecule has 0 spiro atoms. The van der Waals surface area contributed by atoms with Gasteiger partial charge in [-0.15, -0.1) is 0 Å². The fourth-order valence-electron chi connectivity index (χ4n) is 3.48. The van der Waals surface area contributed by atoms with Gasteiger partial charge in [-0.2, -0.15) is 0 Å². The topological polar surface area (TPSA) is 136 Å². The maximum atomic E-state index is 12.4. The molecule has 2 atom stereocenters. The standard InChI is InChI=1S/C23H22O9/c24-9-14-7-16(27)22-18(3-1-5-20(22)31-14)29-11-13(26)12-30-19-4-2-6-21-23(19)17(28)8-15(10-25)32-21/h1-7,13,15,24-26H,8-12H2. The summed E-state index contributed by atoms with van der Waals surface area (Å²) >= 11 is 0. The van der Waals surface area contributed by atoms with E-state index >= 15 is 0 Å². The van der Waals surface area contributed by atoms with E-state index in [4.69, 9.17) is 18.6 Å². The Kier molecular flexibility index (Phi) is 6.40. The first-order valence-electron chi connectivity index (χ1n) is 10.0. The number of fused-ring (bicyclic) bond motifs is 2. The molecule has 0 bridgehead atoms. The lowest BCUT2D eigenvalue weighted by Gasteiger charge is -2.25. The average molecular weight is 442 g/mol. The van der Waals surface area contributed by atoms with E-state index in [2.05, 4.69) is 0 Å². The number of Topliss-reactive ketones (excluding diaryl/α,β-unsaturated/α-hetero) is 1. The molecule has 168 valence electrons. The number of hydrogen-bond donors (Lipinski definition) is 3. The highest BCUT2D eigenvalue weighted by atomic mass is 16.5. The summed E-state index contributed by atoms with van der Waals surface area (Å²) in [6.07, 6.45) is -1.61. The van der Waals surface area contributed by atoms with Gasteiger partial charge in [0.2, 0.25) is 0 Å². The maximum Gasteiger partial charge on any atom is 0.196 e. The van der Waals surface area contributed by atoms with Crippen LogP contribution in [0.25, 0.3) is 11.0 Å². The molecule has 3 N–H and O–H groups in total. The molecule has 1 aliphatic heterocycles. The second-order valence-electron chi connectivity index (χ2n) is 7.32. The zero-order chi connectivity index (χ0) is 22.7. The van der Waals surface area contributed by atoms with Crippen molar-refractivity contribution in [2.24, 2.45) is 0 Å². The lowest BCUT2D eigenvalue weighted by atomic mass is 10.00. The summed E-state index contributed by atoms with van der Waals surface area (Å²) in [5, 5.41) is 29.0. The lowest BCUT2D eigenvalue weighted by Crippen LogP contribution is -2.31. The lowest BCUT2D eigenvalue weighted by molar-refractivity contribution is 0.0588. The normalized spacial score (nSPS) is 16.3. The highest BCUT2D eigenvalue weighted by Crippen LogP contribution is 2.34. The minimum absolute atomic E-state index is 0.0389. The average Bonchev–Trinajstić information content (AvgIpc) is 2.80. The van der Waals surface area contributed by atoms with Crippen molar-refractivity contribution >= 4 is 16.8 Å². The van der Waals surface area contributed by atoms with Crippen LogP contribution in [0.2, 0.25) is 0 Å². The Morgan fingerprint density at radius 3 is 2.50 bits per heavy atom. The Bertz CT molecular complexity index is 1180. The number of aliphatic hydroxyl groups is 3. The Morgan fingerprint density at radius 1 is 1.03 bits per heavy atom. The van der Waals surface area contributed by atoms with Crippen LogP contribution in [0, 0.1) is 0 Å². The highest BCUT2D eigenvalue weighted by molar-refractivity contribution is 6.02. The molecule has 4 rings (SSSR count). The van der Waals surface area contributed by atoms with Gasteiger partial charge in [0.25, 0.3) is 0 Å². The van der Waals surface area contributed by atoms with Crippen LogP contribution in [0.1, 0.15) is 22.5 Å². The molecule has 32 heavy (non-hydrogen) atoms. The molecule has 0 aliphatic carbocycles. The molecule has 0 saturated carbocycles. The van der Waals surface area contributed by atoms with Crippen LogP contribution in [-0.2, 0) is 6.61 Å². The summed E-state index contributed by atoms with van der Waals surface area (Å²) in [7, 11) is 0. The Balaban J connectivity index is 1.43. The van der Waals surface area contributed by atoms with Crippen molar-refractivity contribution in [1.29, 1.82) is 0 Å². The fraction of sp³-hybridized carbons (Fsp3) is 0.304. The summed E-state index contributed by atoms with van der Waals surface area (Å²) < 4.78 is 22.3. The third-order valence-electron chi connectivity index (χ3n) is 4.96. The van der Waals surface area contributed by atoms with Crippen LogP contribution in [0.5, 0.6) is 17.2 Å². The first kappa shape index (κ1) is 21.8. The summed E-state index contributed by atoms with van der Waals surface area (Å²) in [6, 6.07) is 10.9. The number of benzene rings is 2. The molecule has 3 aromatic rings. The van der Waals surface area contributed by atoms with E-state index in [9.17, 15) is 24.9 Å². The fourth-order valence-corrected chi connectivity index (χ4v) is 3.48. The molecule has 2 unspecified atom stereocenters. The molecule has 0 amide bonds. The van der Waals surface area contributed by atoms with Crippen molar-refractivity contribution in [1.82, 2.24) is 0 Å². The van der Waals surface area contributed by atoms with Crippen molar-refractivity contribution in [2.75, 3.05) is 19.8 Å². The zero-order valence-electron chi connectivity index (χ0n) is 17.0. The number of carbonyl (C=O) groups excluding carboxylic acids is 1. The van der Waals surface area contributed by atoms with Crippen LogP contribution in [0.3, 0.4) is 0 Å². The molecule has 2 aromatic carbocycles. The molecule has 0 radical (unpaired) electrons. The van der Waals surface area contributed by atoms with Gasteiger partial charge in [0.05, 0.1) is 13.0 Å². The molecule has 9 nitrogen and oxygen atoms in total. The van der Waals surface area contributed by atoms with Crippen molar-refractivity contribution < 1.29 is 38.7 Å². The largest absolute Gasteiger partial charge is 0.490 e. The van der Waals surface area contributed by atoms with Gasteiger partial charge < -0.3 is 33.9 Å². The van der Waals surface area contributed by atoms with E-state index in [0.29, 0.717) is 5.75 Å². The zero-order valence-corrected chi connectivity index (χ0v) is 17.0. The maximum absolute atomic E-state index is 12.4. The smallest absolute Gasteiger partial charge is 0.196 e. The van der Waals surface area contributed by atoms with Crippen molar-refractivity contribution in [3.63, 3.8) is 0 Å². The molecular formula is C23H22O9. The van der Waals surface area contributed by atoms with E-state index < -0.39 is 18.8 Å². The summed E-state index contributed by atoms with van der Waals surface area (Å²) in [4.78, 5) is 24.8. The molecule has 0 fully saturated rings. The van der Waals surface area contributed by atoms with Crippen LogP contribution in [-0.4, -0.2) is 53.1 Å². The molecule has 1 aliphatic rings. The Morgan fingerprint density at radius 2 is 1.75 bits per heavy atom. The van der Waals surface area contributed by atoms with Crippen molar-refractivity contribution in [3.8, 4) is 17.2 Å². The molecule has 2 heterocycles. The third-order valence-corrected chi connectivity index (χ3v) is 4.96. The molecule has 9 heteroatoms. The second kappa shape index (κ2) is 9.39. The van der Waals surface area contributed by atoms with Crippen molar-refractivity contribution in [2.45, 2.75) is 25.2 Å². The Hall–Kier alpha value is -3.40. The van der Waals surface area contributed by atoms with Gasteiger partial charge in [0.15, 0.2) is 11.2 Å². The number of ketones is 1. The van der Waals surface area contributed by atoms with Gasteiger partial charge in [-0.3, -0.25) is 9.59 Å². The van der Waals surface area contributed by atoms with Gasteiger partial charge in [-0.1, -0.05) is 12.1 Å². The summed E-state index contributed by atoms with van der Waals surface area (Å²) in [5.41, 5.74) is 0.171. The van der Waals surface area contributed by atoms with E-state index in [1.165, 1.54) is 6.07 Å². The predicted octanol–water partition coefficient (Wildman–Crippen LogP) is 1.43. The van der Waals surface area contributed by atoms with E-state index in [1.807, 2.05) is 0 Å². The van der Waals surface area contributed by atoms with Gasteiger partial charge in [0, 0.05) is 6.07 Å². The molecule has 1 aromatic heterocycles. The van der Waals surface area contributed by atoms with Gasteiger partial charge >= 0.3 is 0 Å². The Labute approximate surface area is 182 Å². The number of hydrogen-bond acceptors (Lipinski definition) is 9. The minimum atomic E-state index is -1.06. The molecule has 0 saturated heterocycles. The number of ether oxygens (including phenoxy) is 3. The van der Waals surface area contributed by atoms with Gasteiger partial charge in [-0.05, 0) is 24.3 Å². The minimum Gasteiger partial charge on any atom is -0.490 e. The quantitative estimate of drug-likeness (QED) is 0.473. The third kappa shape index (κ3) is 4.45. The second-order valence-corrected chi connectivity index (χ2v) is 7.32. The van der Waals surface area contributed by atoms with E-state index in [1.54, 1.807) is 36.4 Å². The van der Waals surface area contributed by atoms with Crippen LogP contribution in [0.4, 0.5) is 0 Å².